The number of imide groups is 1. The van der Waals surface area contributed by atoms with E-state index < -0.39 is 34.9 Å². The zero-order valence-corrected chi connectivity index (χ0v) is 11.5. The van der Waals surface area contributed by atoms with Gasteiger partial charge in [-0.25, -0.2) is 8.42 Å². The van der Waals surface area contributed by atoms with Gasteiger partial charge in [0.2, 0.25) is 21.8 Å². The summed E-state index contributed by atoms with van der Waals surface area (Å²) < 4.78 is 25.4. The van der Waals surface area contributed by atoms with Crippen molar-refractivity contribution < 1.29 is 18.0 Å². The van der Waals surface area contributed by atoms with Crippen molar-refractivity contribution >= 4 is 33.4 Å². The van der Waals surface area contributed by atoms with E-state index in [2.05, 4.69) is 0 Å². The Morgan fingerprint density at radius 1 is 1.25 bits per heavy atom. The second kappa shape index (κ2) is 5.20. The average Bonchev–Trinajstić information content (AvgIpc) is 2.37. The maximum atomic E-state index is 12.3. The Hall–Kier alpha value is -1.95. The molecule has 1 saturated heterocycles. The van der Waals surface area contributed by atoms with E-state index in [0.29, 0.717) is 0 Å². The average molecular weight is 314 g/mol. The van der Waals surface area contributed by atoms with E-state index in [-0.39, 0.29) is 15.5 Å². The van der Waals surface area contributed by atoms with E-state index >= 15 is 0 Å². The molecule has 1 heterocycles. The van der Waals surface area contributed by atoms with E-state index in [4.69, 9.17) is 16.9 Å². The van der Waals surface area contributed by atoms with Crippen molar-refractivity contribution in [3.05, 3.63) is 28.8 Å². The Morgan fingerprint density at radius 3 is 2.35 bits per heavy atom. The number of carbonyl (C=O) groups is 2. The minimum atomic E-state index is -4.07. The molecule has 0 spiro atoms. The van der Waals surface area contributed by atoms with Gasteiger partial charge in [-0.2, -0.15) is 9.57 Å². The molecule has 1 fully saturated rings. The fourth-order valence-corrected chi connectivity index (χ4v) is 3.57. The highest BCUT2D eigenvalue weighted by Crippen LogP contribution is 2.26. The molecule has 0 unspecified atom stereocenters. The van der Waals surface area contributed by atoms with E-state index in [0.717, 1.165) is 4.31 Å². The minimum absolute atomic E-state index is 0.137. The number of halogens is 1. The van der Waals surface area contributed by atoms with Crippen molar-refractivity contribution in [3.8, 4) is 6.07 Å². The van der Waals surface area contributed by atoms with Crippen molar-refractivity contribution in [2.24, 2.45) is 0 Å². The summed E-state index contributed by atoms with van der Waals surface area (Å²) in [4.78, 5) is 22.2. The number of carbonyl (C=O) groups excluding carboxylic acids is 2. The third-order valence-corrected chi connectivity index (χ3v) is 4.87. The van der Waals surface area contributed by atoms with Gasteiger partial charge in [0.15, 0.2) is 0 Å². The minimum Gasteiger partial charge on any atom is -0.294 e. The van der Waals surface area contributed by atoms with Crippen LogP contribution in [0, 0.1) is 11.3 Å². The largest absolute Gasteiger partial charge is 0.294 e. The number of hydrogen-bond donors (Lipinski definition) is 1. The van der Waals surface area contributed by atoms with Crippen molar-refractivity contribution in [2.45, 2.75) is 4.90 Å². The van der Waals surface area contributed by atoms with Crippen LogP contribution in [0.4, 0.5) is 0 Å². The maximum Gasteiger partial charge on any atom is 0.245 e. The van der Waals surface area contributed by atoms with Crippen LogP contribution >= 0.6 is 11.6 Å². The molecule has 1 aliphatic rings. The zero-order chi connectivity index (χ0) is 14.9. The number of hydrogen-bond acceptors (Lipinski definition) is 5. The van der Waals surface area contributed by atoms with Gasteiger partial charge in [0.1, 0.15) is 4.90 Å². The first-order valence-corrected chi connectivity index (χ1v) is 7.19. The SMILES string of the molecule is N#Cc1ccc(S(=O)(=O)N2CC(=O)NC(=O)C2)c(Cl)c1. The Morgan fingerprint density at radius 2 is 1.85 bits per heavy atom. The highest BCUT2D eigenvalue weighted by Gasteiger charge is 2.34. The normalized spacial score (nSPS) is 16.6. The monoisotopic (exact) mass is 313 g/mol. The number of nitriles is 1. The van der Waals surface area contributed by atoms with Crippen molar-refractivity contribution in [1.29, 1.82) is 5.26 Å². The molecule has 2 rings (SSSR count). The standard InChI is InChI=1S/C11H8ClN3O4S/c12-8-3-7(4-13)1-2-9(8)20(18,19)15-5-10(16)14-11(17)6-15/h1-3H,5-6H2,(H,14,16,17). The molecule has 1 aromatic rings. The predicted molar refractivity (Wildman–Crippen MR) is 68.1 cm³/mol. The molecule has 7 nitrogen and oxygen atoms in total. The summed E-state index contributed by atoms with van der Waals surface area (Å²) in [5.41, 5.74) is 0.210. The molecule has 0 radical (unpaired) electrons. The van der Waals surface area contributed by atoms with Crippen LogP contribution in [0.1, 0.15) is 5.56 Å². The molecule has 0 bridgehead atoms. The first-order chi connectivity index (χ1) is 9.34. The molecular weight excluding hydrogens is 306 g/mol. The van der Waals surface area contributed by atoms with Gasteiger partial charge >= 0.3 is 0 Å². The third kappa shape index (κ3) is 2.65. The molecule has 1 aliphatic heterocycles. The molecule has 20 heavy (non-hydrogen) atoms. The van der Waals surface area contributed by atoms with Crippen molar-refractivity contribution in [3.63, 3.8) is 0 Å². The maximum absolute atomic E-state index is 12.3. The van der Waals surface area contributed by atoms with Gasteiger partial charge in [0, 0.05) is 0 Å². The summed E-state index contributed by atoms with van der Waals surface area (Å²) in [5.74, 6) is -1.40. The fraction of sp³-hybridized carbons (Fsp3) is 0.182. The zero-order valence-electron chi connectivity index (χ0n) is 9.96. The first-order valence-electron chi connectivity index (χ1n) is 5.37. The number of rotatable bonds is 2. The molecule has 0 aliphatic carbocycles. The molecule has 0 atom stereocenters. The summed E-state index contributed by atoms with van der Waals surface area (Å²) in [5, 5.41) is 10.6. The second-order valence-electron chi connectivity index (χ2n) is 4.00. The Kier molecular flexibility index (Phi) is 3.76. The van der Waals surface area contributed by atoms with Crippen LogP contribution in [0.25, 0.3) is 0 Å². The van der Waals surface area contributed by atoms with Crippen LogP contribution in [-0.4, -0.2) is 37.6 Å². The number of nitrogens with zero attached hydrogens (tertiary/aromatic N) is 2. The number of piperazine rings is 1. The summed E-state index contributed by atoms with van der Waals surface area (Å²) >= 11 is 5.84. The van der Waals surface area contributed by atoms with Crippen molar-refractivity contribution in [2.75, 3.05) is 13.1 Å². The number of benzene rings is 1. The van der Waals surface area contributed by atoms with E-state index in [1.54, 1.807) is 0 Å². The lowest BCUT2D eigenvalue weighted by Gasteiger charge is -2.25. The molecular formula is C11H8ClN3O4S. The molecule has 1 aromatic carbocycles. The Labute approximate surface area is 119 Å². The van der Waals surface area contributed by atoms with E-state index in [1.165, 1.54) is 18.2 Å². The lowest BCUT2D eigenvalue weighted by Crippen LogP contribution is -2.53. The van der Waals surface area contributed by atoms with Gasteiger partial charge in [-0.1, -0.05) is 11.6 Å². The summed E-state index contributed by atoms with van der Waals surface area (Å²) in [6, 6.07) is 5.51. The van der Waals surface area contributed by atoms with Gasteiger partial charge < -0.3 is 0 Å². The van der Waals surface area contributed by atoms with Crippen molar-refractivity contribution in [1.82, 2.24) is 9.62 Å². The topological polar surface area (TPSA) is 107 Å². The smallest absolute Gasteiger partial charge is 0.245 e. The quantitative estimate of drug-likeness (QED) is 0.765. The number of nitrogens with one attached hydrogen (secondary N) is 1. The van der Waals surface area contributed by atoms with Gasteiger partial charge in [0.05, 0.1) is 29.7 Å². The van der Waals surface area contributed by atoms with Crippen LogP contribution in [0.15, 0.2) is 23.1 Å². The van der Waals surface area contributed by atoms with Gasteiger partial charge in [0.25, 0.3) is 0 Å². The third-order valence-electron chi connectivity index (χ3n) is 2.60. The number of sulfonamides is 1. The molecule has 0 saturated carbocycles. The Balaban J connectivity index is 2.43. The predicted octanol–water partition coefficient (Wildman–Crippen LogP) is -0.141. The highest BCUT2D eigenvalue weighted by atomic mass is 35.5. The van der Waals surface area contributed by atoms with Crippen LogP contribution < -0.4 is 5.32 Å². The summed E-state index contributed by atoms with van der Waals surface area (Å²) in [6.45, 7) is -0.908. The van der Waals surface area contributed by atoms with Crippen LogP contribution in [0.5, 0.6) is 0 Å². The molecule has 1 N–H and O–H groups in total. The first kappa shape index (κ1) is 14.5. The fourth-order valence-electron chi connectivity index (χ4n) is 1.70. The summed E-state index contributed by atoms with van der Waals surface area (Å²) in [6.07, 6.45) is 0. The van der Waals surface area contributed by atoms with E-state index in [1.807, 2.05) is 11.4 Å². The summed E-state index contributed by atoms with van der Waals surface area (Å²) in [7, 11) is -4.07. The molecule has 9 heteroatoms. The second-order valence-corrected chi connectivity index (χ2v) is 6.32. The number of amides is 2. The van der Waals surface area contributed by atoms with Gasteiger partial charge in [-0.15, -0.1) is 0 Å². The van der Waals surface area contributed by atoms with Crippen LogP contribution in [0.3, 0.4) is 0 Å². The molecule has 104 valence electrons. The lowest BCUT2D eigenvalue weighted by atomic mass is 10.2. The van der Waals surface area contributed by atoms with Gasteiger partial charge in [-0.3, -0.25) is 14.9 Å². The highest BCUT2D eigenvalue weighted by molar-refractivity contribution is 7.89. The lowest BCUT2D eigenvalue weighted by molar-refractivity contribution is -0.134. The molecule has 0 aromatic heterocycles. The molecule has 2 amide bonds. The van der Waals surface area contributed by atoms with Crippen LogP contribution in [0.2, 0.25) is 5.02 Å². The van der Waals surface area contributed by atoms with Gasteiger partial charge in [-0.05, 0) is 18.2 Å². The van der Waals surface area contributed by atoms with Crippen LogP contribution in [-0.2, 0) is 19.6 Å². The van der Waals surface area contributed by atoms with E-state index in [9.17, 15) is 18.0 Å². The Bertz CT molecular complexity index is 723.